The Bertz CT molecular complexity index is 1390. The lowest BCUT2D eigenvalue weighted by molar-refractivity contribution is -0.166. The molecule has 1 fully saturated rings. The third-order valence-electron chi connectivity index (χ3n) is 6.77. The van der Waals surface area contributed by atoms with Crippen molar-refractivity contribution in [2.24, 2.45) is 5.10 Å². The lowest BCUT2D eigenvalue weighted by Gasteiger charge is -2.47. The van der Waals surface area contributed by atoms with E-state index in [0.717, 1.165) is 17.4 Å². The van der Waals surface area contributed by atoms with Gasteiger partial charge in [-0.15, -0.1) is 0 Å². The largest absolute Gasteiger partial charge is 0.362 e. The van der Waals surface area contributed by atoms with Crippen LogP contribution in [-0.4, -0.2) is 56.5 Å². The van der Waals surface area contributed by atoms with Gasteiger partial charge in [0, 0.05) is 12.7 Å². The van der Waals surface area contributed by atoms with Crippen LogP contribution in [0.25, 0.3) is 0 Å². The van der Waals surface area contributed by atoms with E-state index in [1.165, 1.54) is 17.0 Å². The van der Waals surface area contributed by atoms with E-state index in [0.29, 0.717) is 11.3 Å². The molecular weight excluding hydrogens is 559 g/mol. The second kappa shape index (κ2) is 8.80. The fraction of sp³-hybridized carbons (Fsp3) is 0.391. The number of hydrogen-bond acceptors (Lipinski definition) is 6. The van der Waals surface area contributed by atoms with Crippen LogP contribution in [0.4, 0.5) is 8.78 Å². The number of nitrogens with one attached hydrogen (secondary N) is 1. The Balaban J connectivity index is 1.36. The summed E-state index contributed by atoms with van der Waals surface area (Å²) in [6, 6.07) is 8.19. The number of sulfone groups is 1. The molecule has 1 atom stereocenters. The Morgan fingerprint density at radius 3 is 2.47 bits per heavy atom. The number of hydrogen-bond donors (Lipinski definition) is 1. The number of carbonyl (C=O) groups is 1. The van der Waals surface area contributed by atoms with Crippen LogP contribution in [0.15, 0.2) is 35.4 Å². The second-order valence-electron chi connectivity index (χ2n) is 9.35. The number of carbonyl (C=O) groups excluding carboxylic acids is 1. The van der Waals surface area contributed by atoms with Gasteiger partial charge in [-0.1, -0.05) is 46.9 Å². The Kier molecular flexibility index (Phi) is 6.27. The van der Waals surface area contributed by atoms with Crippen molar-refractivity contribution in [3.63, 3.8) is 0 Å². The number of hydrazone groups is 1. The lowest BCUT2D eigenvalue weighted by Crippen LogP contribution is -2.62. The first-order chi connectivity index (χ1) is 16.8. The summed E-state index contributed by atoms with van der Waals surface area (Å²) in [7, 11) is -3.42. The average molecular weight is 579 g/mol. The fourth-order valence-electron chi connectivity index (χ4n) is 4.86. The minimum atomic E-state index is -3.42. The predicted molar refractivity (Wildman–Crippen MR) is 133 cm³/mol. The van der Waals surface area contributed by atoms with Crippen LogP contribution in [0.3, 0.4) is 0 Å². The van der Waals surface area contributed by atoms with E-state index in [9.17, 15) is 22.0 Å². The predicted octanol–water partition coefficient (Wildman–Crippen LogP) is 4.12. The number of halogens is 5. The third-order valence-corrected chi connectivity index (χ3v) is 8.74. The number of fused-ring (bicyclic) bond motifs is 2. The van der Waals surface area contributed by atoms with Gasteiger partial charge in [0.15, 0.2) is 9.84 Å². The van der Waals surface area contributed by atoms with Crippen LogP contribution in [-0.2, 0) is 37.1 Å². The number of ether oxygens (including phenoxy) is 1. The van der Waals surface area contributed by atoms with Gasteiger partial charge >= 0.3 is 0 Å². The van der Waals surface area contributed by atoms with Crippen LogP contribution < -0.4 is 5.43 Å². The van der Waals surface area contributed by atoms with Crippen molar-refractivity contribution in [1.82, 2.24) is 10.3 Å². The molecular formula is C23H20Cl3F2N3O4S. The molecule has 36 heavy (non-hydrogen) atoms. The number of rotatable bonds is 5. The second-order valence-corrected chi connectivity index (χ2v) is 12.7. The first-order valence-corrected chi connectivity index (χ1v) is 14.0. The molecule has 0 aromatic heterocycles. The summed E-state index contributed by atoms with van der Waals surface area (Å²) < 4.78 is 57.6. The molecule has 192 valence electrons. The van der Waals surface area contributed by atoms with Gasteiger partial charge < -0.3 is 9.64 Å². The van der Waals surface area contributed by atoms with Crippen molar-refractivity contribution in [2.75, 3.05) is 25.1 Å². The minimum Gasteiger partial charge on any atom is -0.362 e. The van der Waals surface area contributed by atoms with Crippen molar-refractivity contribution >= 4 is 56.3 Å². The molecule has 1 spiro atoms. The van der Waals surface area contributed by atoms with Crippen LogP contribution in [0, 0.1) is 0 Å². The summed E-state index contributed by atoms with van der Waals surface area (Å²) in [5.41, 5.74) is 3.09. The summed E-state index contributed by atoms with van der Waals surface area (Å²) in [5, 5.41) is 4.45. The molecule has 0 aliphatic carbocycles. The van der Waals surface area contributed by atoms with Gasteiger partial charge in [-0.25, -0.2) is 17.2 Å². The van der Waals surface area contributed by atoms with Crippen LogP contribution in [0.2, 0.25) is 15.1 Å². The Labute approximate surface area is 221 Å². The van der Waals surface area contributed by atoms with Gasteiger partial charge in [-0.2, -0.15) is 5.10 Å². The molecule has 13 heteroatoms. The maximum Gasteiger partial charge on any atom is 0.267 e. The molecule has 0 radical (unpaired) electrons. The molecule has 1 N–H and O–H groups in total. The Hall–Kier alpha value is -1.98. The van der Waals surface area contributed by atoms with Gasteiger partial charge in [0.1, 0.15) is 16.9 Å². The number of alkyl halides is 2. The molecule has 0 saturated carbocycles. The van der Waals surface area contributed by atoms with Crippen LogP contribution in [0.1, 0.15) is 28.7 Å². The van der Waals surface area contributed by atoms with Gasteiger partial charge in [0.05, 0.1) is 40.5 Å². The number of likely N-dealkylation sites (tertiary alicyclic amines) is 1. The standard InChI is InChI=1S/C23H20Cl3F2N3O4S/c1-36(33,34)9-19(32)31-10-22(11-31)15-3-2-12(4-13(15)8-35-22)18-7-23(21(27)28,30-29-18)14-5-16(24)20(26)17(25)6-14/h2-6,21,30H,7-11H2,1H3. The molecule has 5 rings (SSSR count). The van der Waals surface area contributed by atoms with E-state index in [-0.39, 0.29) is 46.7 Å². The summed E-state index contributed by atoms with van der Waals surface area (Å²) in [6.07, 6.45) is -1.92. The van der Waals surface area contributed by atoms with Gasteiger partial charge in [-0.05, 0) is 40.5 Å². The quantitative estimate of drug-likeness (QED) is 0.540. The maximum absolute atomic E-state index is 14.4. The first kappa shape index (κ1) is 25.7. The van der Waals surface area contributed by atoms with Gasteiger partial charge in [0.2, 0.25) is 5.91 Å². The number of amides is 1. The van der Waals surface area contributed by atoms with Crippen molar-refractivity contribution in [3.05, 3.63) is 67.7 Å². The molecule has 1 unspecified atom stereocenters. The molecule has 1 amide bonds. The third kappa shape index (κ3) is 4.26. The van der Waals surface area contributed by atoms with E-state index in [1.54, 1.807) is 6.07 Å². The fourth-order valence-corrected chi connectivity index (χ4v) is 6.09. The topological polar surface area (TPSA) is 88.1 Å². The van der Waals surface area contributed by atoms with Gasteiger partial charge in [-0.3, -0.25) is 10.2 Å². The molecule has 0 bridgehead atoms. The van der Waals surface area contributed by atoms with Crippen molar-refractivity contribution < 1.29 is 26.7 Å². The van der Waals surface area contributed by atoms with Crippen LogP contribution >= 0.6 is 34.8 Å². The molecule has 2 aromatic carbocycles. The van der Waals surface area contributed by atoms with E-state index in [1.807, 2.05) is 12.1 Å². The average Bonchev–Trinajstić information content (AvgIpc) is 3.38. The number of benzene rings is 2. The summed E-state index contributed by atoms with van der Waals surface area (Å²) in [5.74, 6) is -1.01. The van der Waals surface area contributed by atoms with E-state index < -0.39 is 39.1 Å². The summed E-state index contributed by atoms with van der Waals surface area (Å²) >= 11 is 18.2. The van der Waals surface area contributed by atoms with Crippen molar-refractivity contribution in [2.45, 2.75) is 30.6 Å². The highest BCUT2D eigenvalue weighted by molar-refractivity contribution is 7.91. The zero-order valence-electron chi connectivity index (χ0n) is 18.8. The highest BCUT2D eigenvalue weighted by Gasteiger charge is 2.52. The van der Waals surface area contributed by atoms with Gasteiger partial charge in [0.25, 0.3) is 6.43 Å². The maximum atomic E-state index is 14.4. The monoisotopic (exact) mass is 577 g/mol. The highest BCUT2D eigenvalue weighted by atomic mass is 35.5. The molecule has 3 heterocycles. The lowest BCUT2D eigenvalue weighted by atomic mass is 9.82. The summed E-state index contributed by atoms with van der Waals surface area (Å²) in [6.45, 7) is 0.784. The van der Waals surface area contributed by atoms with E-state index >= 15 is 0 Å². The van der Waals surface area contributed by atoms with Crippen molar-refractivity contribution in [1.29, 1.82) is 0 Å². The Morgan fingerprint density at radius 2 is 1.86 bits per heavy atom. The smallest absolute Gasteiger partial charge is 0.267 e. The molecule has 2 aromatic rings. The zero-order chi connectivity index (χ0) is 26.0. The Morgan fingerprint density at radius 1 is 1.19 bits per heavy atom. The molecule has 3 aliphatic rings. The summed E-state index contributed by atoms with van der Waals surface area (Å²) in [4.78, 5) is 13.7. The molecule has 3 aliphatic heterocycles. The zero-order valence-corrected chi connectivity index (χ0v) is 21.9. The minimum absolute atomic E-state index is 0.0685. The number of nitrogens with zero attached hydrogens (tertiary/aromatic N) is 2. The highest BCUT2D eigenvalue weighted by Crippen LogP contribution is 2.45. The molecule has 1 saturated heterocycles. The SMILES string of the molecule is CS(=O)(=O)CC(=O)N1CC2(C1)OCc1cc(C3=NNC(c4cc(Cl)c(Cl)c(Cl)c4)(C(F)F)C3)ccc12. The van der Waals surface area contributed by atoms with E-state index in [2.05, 4.69) is 10.5 Å². The van der Waals surface area contributed by atoms with Crippen molar-refractivity contribution in [3.8, 4) is 0 Å². The molecule has 7 nitrogen and oxygen atoms in total. The van der Waals surface area contributed by atoms with E-state index in [4.69, 9.17) is 39.5 Å². The normalized spacial score (nSPS) is 22.4. The first-order valence-electron chi connectivity index (χ1n) is 10.8. The van der Waals surface area contributed by atoms with Crippen LogP contribution in [0.5, 0.6) is 0 Å².